The Labute approximate surface area is 147 Å². The van der Waals surface area contributed by atoms with Crippen molar-refractivity contribution in [3.8, 4) is 0 Å². The molecule has 1 fully saturated rings. The second-order valence-corrected chi connectivity index (χ2v) is 5.17. The van der Waals surface area contributed by atoms with Crippen molar-refractivity contribution in [3.63, 3.8) is 0 Å². The lowest BCUT2D eigenvalue weighted by molar-refractivity contribution is -0.125. The summed E-state index contributed by atoms with van der Waals surface area (Å²) in [6.45, 7) is 5.12. The van der Waals surface area contributed by atoms with Crippen molar-refractivity contribution in [2.75, 3.05) is 26.3 Å². The molecule has 1 saturated heterocycles. The van der Waals surface area contributed by atoms with Crippen molar-refractivity contribution in [3.05, 3.63) is 30.1 Å². The minimum Gasteiger partial charge on any atom is -0.378 e. The van der Waals surface area contributed by atoms with Crippen molar-refractivity contribution in [2.45, 2.75) is 19.5 Å². The van der Waals surface area contributed by atoms with Gasteiger partial charge >= 0.3 is 0 Å². The summed E-state index contributed by atoms with van der Waals surface area (Å²) >= 11 is 0. The third kappa shape index (κ3) is 4.57. The highest BCUT2D eigenvalue weighted by Gasteiger charge is 2.20. The van der Waals surface area contributed by atoms with Gasteiger partial charge in [0.1, 0.15) is 11.9 Å². The number of hydrogen-bond donors (Lipinski definition) is 2. The molecule has 1 amide bonds. The summed E-state index contributed by atoms with van der Waals surface area (Å²) in [4.78, 5) is 16.5. The number of fused-ring (bicyclic) bond motifs is 1. The fourth-order valence-electron chi connectivity index (χ4n) is 2.63. The Balaban J connectivity index is 0.00000132. The Bertz CT molecular complexity index is 641. The summed E-state index contributed by atoms with van der Waals surface area (Å²) < 4.78 is 7.42. The molecule has 0 saturated carbocycles. The van der Waals surface area contributed by atoms with Crippen LogP contribution in [0.1, 0.15) is 5.82 Å². The molecule has 1 aromatic carbocycles. The number of halogens is 2. The Hall–Kier alpha value is -1.34. The Morgan fingerprint density at radius 1 is 1.43 bits per heavy atom. The van der Waals surface area contributed by atoms with Crippen LogP contribution in [0.3, 0.4) is 0 Å². The highest BCUT2D eigenvalue weighted by Crippen LogP contribution is 2.14. The number of nitrogens with one attached hydrogen (secondary N) is 2. The first-order valence-corrected chi connectivity index (χ1v) is 7.26. The van der Waals surface area contributed by atoms with E-state index < -0.39 is 0 Å². The molecule has 0 bridgehead atoms. The van der Waals surface area contributed by atoms with Gasteiger partial charge in [-0.1, -0.05) is 12.1 Å². The molecule has 2 heterocycles. The highest BCUT2D eigenvalue weighted by molar-refractivity contribution is 5.85. The second kappa shape index (κ2) is 9.08. The lowest BCUT2D eigenvalue weighted by Crippen LogP contribution is -2.51. The standard InChI is InChI=1S/C15H20N4O2.2ClH/c1-11-18-12-4-2-3-5-14(12)19(11)8-6-17-15(20)13-10-21-9-7-16-13;;/h2-5,13,16H,6-10H2,1H3,(H,17,20);2*1H. The van der Waals surface area contributed by atoms with Gasteiger partial charge in [-0.25, -0.2) is 4.98 Å². The Morgan fingerprint density at radius 2 is 2.22 bits per heavy atom. The number of carbonyl (C=O) groups excluding carboxylic acids is 1. The van der Waals surface area contributed by atoms with Crippen LogP contribution in [0.2, 0.25) is 0 Å². The molecule has 2 N–H and O–H groups in total. The summed E-state index contributed by atoms with van der Waals surface area (Å²) in [5.74, 6) is 0.960. The van der Waals surface area contributed by atoms with Gasteiger partial charge in [-0.15, -0.1) is 24.8 Å². The van der Waals surface area contributed by atoms with Gasteiger partial charge in [0.2, 0.25) is 5.91 Å². The Kier molecular flexibility index (Phi) is 7.78. The quantitative estimate of drug-likeness (QED) is 0.861. The van der Waals surface area contributed by atoms with E-state index in [0.29, 0.717) is 26.3 Å². The summed E-state index contributed by atoms with van der Waals surface area (Å²) in [6.07, 6.45) is 0. The first kappa shape index (κ1) is 19.7. The Morgan fingerprint density at radius 3 is 2.96 bits per heavy atom. The number of hydrogen-bond acceptors (Lipinski definition) is 4. The number of imidazole rings is 1. The van der Waals surface area contributed by atoms with E-state index in [1.165, 1.54) is 0 Å². The molecule has 128 valence electrons. The van der Waals surface area contributed by atoms with Crippen molar-refractivity contribution >= 4 is 41.8 Å². The van der Waals surface area contributed by atoms with E-state index in [1.54, 1.807) is 0 Å². The zero-order valence-electron chi connectivity index (χ0n) is 12.9. The number of benzene rings is 1. The molecule has 1 aromatic heterocycles. The van der Waals surface area contributed by atoms with Gasteiger partial charge < -0.3 is 19.9 Å². The predicted octanol–water partition coefficient (Wildman–Crippen LogP) is 1.29. The minimum atomic E-state index is -0.237. The molecule has 8 heteroatoms. The molecule has 6 nitrogen and oxygen atoms in total. The number of ether oxygens (including phenoxy) is 1. The van der Waals surface area contributed by atoms with Crippen LogP contribution in [0.4, 0.5) is 0 Å². The number of aromatic nitrogens is 2. The van der Waals surface area contributed by atoms with Crippen LogP contribution in [0, 0.1) is 6.92 Å². The van der Waals surface area contributed by atoms with E-state index >= 15 is 0 Å². The van der Waals surface area contributed by atoms with Crippen LogP contribution in [0.15, 0.2) is 24.3 Å². The van der Waals surface area contributed by atoms with Crippen LogP contribution in [0.5, 0.6) is 0 Å². The van der Waals surface area contributed by atoms with E-state index in [4.69, 9.17) is 4.74 Å². The van der Waals surface area contributed by atoms with E-state index in [2.05, 4.69) is 20.2 Å². The maximum Gasteiger partial charge on any atom is 0.239 e. The maximum atomic E-state index is 12.0. The average molecular weight is 361 g/mol. The topological polar surface area (TPSA) is 68.2 Å². The number of carbonyl (C=O) groups is 1. The lowest BCUT2D eigenvalue weighted by Gasteiger charge is -2.23. The largest absolute Gasteiger partial charge is 0.378 e. The molecular formula is C15H22Cl2N4O2. The second-order valence-electron chi connectivity index (χ2n) is 5.17. The van der Waals surface area contributed by atoms with Crippen LogP contribution in [-0.2, 0) is 16.1 Å². The van der Waals surface area contributed by atoms with E-state index in [0.717, 1.165) is 23.4 Å². The fraction of sp³-hybridized carbons (Fsp3) is 0.467. The van der Waals surface area contributed by atoms with E-state index in [9.17, 15) is 4.79 Å². The number of aryl methyl sites for hydroxylation is 1. The summed E-state index contributed by atoms with van der Waals surface area (Å²) in [6, 6.07) is 7.80. The molecule has 1 aliphatic heterocycles. The van der Waals surface area contributed by atoms with Crippen LogP contribution in [0.25, 0.3) is 11.0 Å². The molecule has 3 rings (SSSR count). The van der Waals surface area contributed by atoms with Crippen LogP contribution in [-0.4, -0.2) is 47.8 Å². The van der Waals surface area contributed by atoms with Crippen molar-refractivity contribution in [1.29, 1.82) is 0 Å². The van der Waals surface area contributed by atoms with Crippen molar-refractivity contribution in [2.24, 2.45) is 0 Å². The predicted molar refractivity (Wildman–Crippen MR) is 94.6 cm³/mol. The molecular weight excluding hydrogens is 339 g/mol. The zero-order valence-corrected chi connectivity index (χ0v) is 14.6. The zero-order chi connectivity index (χ0) is 14.7. The summed E-state index contributed by atoms with van der Waals surface area (Å²) in [5.41, 5.74) is 2.09. The molecule has 23 heavy (non-hydrogen) atoms. The number of rotatable bonds is 4. The fourth-order valence-corrected chi connectivity index (χ4v) is 2.63. The summed E-state index contributed by atoms with van der Waals surface area (Å²) in [7, 11) is 0. The van der Waals surface area contributed by atoms with Gasteiger partial charge in [0.15, 0.2) is 0 Å². The monoisotopic (exact) mass is 360 g/mol. The first-order chi connectivity index (χ1) is 10.3. The summed E-state index contributed by atoms with van der Waals surface area (Å²) in [5, 5.41) is 6.10. The molecule has 1 unspecified atom stereocenters. The van der Waals surface area contributed by atoms with Gasteiger partial charge in [-0.05, 0) is 19.1 Å². The van der Waals surface area contributed by atoms with Gasteiger partial charge in [-0.3, -0.25) is 4.79 Å². The lowest BCUT2D eigenvalue weighted by atomic mass is 10.2. The number of morpholine rings is 1. The van der Waals surface area contributed by atoms with Crippen molar-refractivity contribution in [1.82, 2.24) is 20.2 Å². The molecule has 1 aliphatic rings. The first-order valence-electron chi connectivity index (χ1n) is 7.26. The van der Waals surface area contributed by atoms with E-state index in [1.807, 2.05) is 31.2 Å². The molecule has 0 spiro atoms. The SMILES string of the molecule is Cc1nc2ccccc2n1CCNC(=O)C1COCCN1.Cl.Cl. The molecule has 2 aromatic rings. The normalized spacial score (nSPS) is 17.2. The van der Waals surface area contributed by atoms with Gasteiger partial charge in [-0.2, -0.15) is 0 Å². The molecule has 1 atom stereocenters. The van der Waals surface area contributed by atoms with Crippen molar-refractivity contribution < 1.29 is 9.53 Å². The minimum absolute atomic E-state index is 0. The highest BCUT2D eigenvalue weighted by atomic mass is 35.5. The van der Waals surface area contributed by atoms with Gasteiger partial charge in [0.25, 0.3) is 0 Å². The van der Waals surface area contributed by atoms with Gasteiger partial charge in [0.05, 0.1) is 24.2 Å². The number of amides is 1. The molecule has 0 radical (unpaired) electrons. The maximum absolute atomic E-state index is 12.0. The van der Waals surface area contributed by atoms with Crippen LogP contribution >= 0.6 is 24.8 Å². The third-order valence-corrected chi connectivity index (χ3v) is 3.72. The average Bonchev–Trinajstić information content (AvgIpc) is 2.84. The molecule has 0 aliphatic carbocycles. The smallest absolute Gasteiger partial charge is 0.239 e. The number of para-hydroxylation sites is 2. The number of nitrogens with zero attached hydrogens (tertiary/aromatic N) is 2. The third-order valence-electron chi connectivity index (χ3n) is 3.72. The van der Waals surface area contributed by atoms with E-state index in [-0.39, 0.29) is 36.8 Å². The van der Waals surface area contributed by atoms with Gasteiger partial charge in [0, 0.05) is 19.6 Å². The van der Waals surface area contributed by atoms with Crippen LogP contribution < -0.4 is 10.6 Å².